The van der Waals surface area contributed by atoms with E-state index < -0.39 is 11.9 Å². The average molecular weight is 268 g/mol. The third-order valence-electron chi connectivity index (χ3n) is 3.47. The van der Waals surface area contributed by atoms with Crippen molar-refractivity contribution in [2.24, 2.45) is 0 Å². The molecule has 20 heavy (non-hydrogen) atoms. The van der Waals surface area contributed by atoms with Crippen molar-refractivity contribution >= 4 is 5.78 Å². The Morgan fingerprint density at radius 1 is 1.05 bits per heavy atom. The first-order chi connectivity index (χ1) is 9.69. The van der Waals surface area contributed by atoms with Crippen LogP contribution in [0.3, 0.4) is 0 Å². The summed E-state index contributed by atoms with van der Waals surface area (Å²) in [6.07, 6.45) is -0.478. The summed E-state index contributed by atoms with van der Waals surface area (Å²) in [6.45, 7) is 2.05. The van der Waals surface area contributed by atoms with Crippen LogP contribution in [0.25, 0.3) is 0 Å². The highest BCUT2D eigenvalue weighted by Crippen LogP contribution is 2.35. The second kappa shape index (κ2) is 5.19. The molecule has 3 rings (SSSR count). The molecule has 3 nitrogen and oxygen atoms in total. The summed E-state index contributed by atoms with van der Waals surface area (Å²) in [6, 6.07) is 18.8. The van der Waals surface area contributed by atoms with Gasteiger partial charge in [-0.3, -0.25) is 4.79 Å². The maximum absolute atomic E-state index is 12.5. The lowest BCUT2D eigenvalue weighted by Gasteiger charge is -2.21. The van der Waals surface area contributed by atoms with Gasteiger partial charge in [0.15, 0.2) is 17.7 Å². The minimum absolute atomic E-state index is 0.0449. The third kappa shape index (κ3) is 2.38. The van der Waals surface area contributed by atoms with Gasteiger partial charge in [0.05, 0.1) is 6.61 Å². The highest BCUT2D eigenvalue weighted by atomic mass is 16.7. The van der Waals surface area contributed by atoms with E-state index in [0.29, 0.717) is 5.56 Å². The van der Waals surface area contributed by atoms with Gasteiger partial charge in [-0.15, -0.1) is 0 Å². The fraction of sp³-hybridized carbons (Fsp3) is 0.235. The molecule has 0 bridgehead atoms. The van der Waals surface area contributed by atoms with Crippen LogP contribution in [0.1, 0.15) is 29.1 Å². The summed E-state index contributed by atoms with van der Waals surface area (Å²) in [5, 5.41) is 0. The molecule has 0 spiro atoms. The van der Waals surface area contributed by atoms with E-state index in [4.69, 9.17) is 9.47 Å². The van der Waals surface area contributed by atoms with Crippen molar-refractivity contribution in [3.05, 3.63) is 71.8 Å². The molecule has 2 atom stereocenters. The van der Waals surface area contributed by atoms with Crippen LogP contribution in [-0.4, -0.2) is 18.0 Å². The van der Waals surface area contributed by atoms with Crippen LogP contribution in [-0.2, 0) is 9.47 Å². The first-order valence-corrected chi connectivity index (χ1v) is 6.63. The van der Waals surface area contributed by atoms with Crippen LogP contribution in [0.15, 0.2) is 60.7 Å². The Bertz CT molecular complexity index is 594. The summed E-state index contributed by atoms with van der Waals surface area (Å²) in [5.41, 5.74) is 0.645. The van der Waals surface area contributed by atoms with E-state index in [1.807, 2.05) is 48.5 Å². The second-order valence-corrected chi connectivity index (χ2v) is 5.10. The van der Waals surface area contributed by atoms with E-state index in [9.17, 15) is 4.79 Å². The highest BCUT2D eigenvalue weighted by molar-refractivity contribution is 6.02. The lowest BCUT2D eigenvalue weighted by molar-refractivity contribution is -0.0762. The first kappa shape index (κ1) is 13.0. The predicted molar refractivity (Wildman–Crippen MR) is 75.4 cm³/mol. The molecule has 0 saturated carbocycles. The largest absolute Gasteiger partial charge is 0.345 e. The van der Waals surface area contributed by atoms with Crippen LogP contribution in [0.5, 0.6) is 0 Å². The number of Topliss-reactive ketones (excluding diaryl/α,β-unsaturated/α-hetero) is 1. The number of rotatable bonds is 3. The van der Waals surface area contributed by atoms with Gasteiger partial charge in [-0.1, -0.05) is 60.7 Å². The molecule has 0 aliphatic carbocycles. The fourth-order valence-electron chi connectivity index (χ4n) is 2.33. The molecule has 0 N–H and O–H groups in total. The van der Waals surface area contributed by atoms with E-state index in [-0.39, 0.29) is 12.4 Å². The molecule has 2 aromatic rings. The lowest BCUT2D eigenvalue weighted by atomic mass is 9.96. The number of ether oxygens (including phenoxy) is 2. The van der Waals surface area contributed by atoms with E-state index in [0.717, 1.165) is 5.56 Å². The van der Waals surface area contributed by atoms with Gasteiger partial charge in [0.2, 0.25) is 0 Å². The Kier molecular flexibility index (Phi) is 3.38. The highest BCUT2D eigenvalue weighted by Gasteiger charge is 2.44. The summed E-state index contributed by atoms with van der Waals surface area (Å²) in [7, 11) is 0. The van der Waals surface area contributed by atoms with E-state index in [1.165, 1.54) is 0 Å². The molecule has 0 amide bonds. The molecule has 0 aromatic heterocycles. The number of carbonyl (C=O) groups is 1. The predicted octanol–water partition coefficient (Wildman–Crippen LogP) is 3.37. The van der Waals surface area contributed by atoms with Gasteiger partial charge < -0.3 is 9.47 Å². The molecular formula is C17H16O3. The van der Waals surface area contributed by atoms with Gasteiger partial charge in [0.1, 0.15) is 0 Å². The maximum Gasteiger partial charge on any atom is 0.196 e. The van der Waals surface area contributed by atoms with Crippen molar-refractivity contribution in [1.82, 2.24) is 0 Å². The molecule has 1 fully saturated rings. The maximum atomic E-state index is 12.5. The number of hydrogen-bond acceptors (Lipinski definition) is 3. The van der Waals surface area contributed by atoms with Gasteiger partial charge in [0, 0.05) is 11.1 Å². The van der Waals surface area contributed by atoms with Crippen molar-refractivity contribution in [2.45, 2.75) is 18.8 Å². The molecule has 1 saturated heterocycles. The van der Waals surface area contributed by atoms with E-state index in [1.54, 1.807) is 19.1 Å². The minimum atomic E-state index is -0.929. The Hall–Kier alpha value is -1.97. The van der Waals surface area contributed by atoms with Crippen LogP contribution in [0.4, 0.5) is 0 Å². The SMILES string of the molecule is CC1(C(=O)c2ccccc2)COC(c2ccccc2)O1. The monoisotopic (exact) mass is 268 g/mol. The van der Waals surface area contributed by atoms with Crippen LogP contribution >= 0.6 is 0 Å². The molecular weight excluding hydrogens is 252 g/mol. The third-order valence-corrected chi connectivity index (χ3v) is 3.47. The minimum Gasteiger partial charge on any atom is -0.345 e. The fourth-order valence-corrected chi connectivity index (χ4v) is 2.33. The number of benzene rings is 2. The molecule has 102 valence electrons. The quantitative estimate of drug-likeness (QED) is 0.801. The molecule has 2 aromatic carbocycles. The van der Waals surface area contributed by atoms with Gasteiger partial charge >= 0.3 is 0 Å². The van der Waals surface area contributed by atoms with Crippen LogP contribution < -0.4 is 0 Å². The van der Waals surface area contributed by atoms with Crippen LogP contribution in [0.2, 0.25) is 0 Å². The van der Waals surface area contributed by atoms with E-state index >= 15 is 0 Å². The Labute approximate surface area is 118 Å². The number of hydrogen-bond donors (Lipinski definition) is 0. The molecule has 1 aliphatic heterocycles. The van der Waals surface area contributed by atoms with Crippen molar-refractivity contribution in [2.75, 3.05) is 6.61 Å². The number of ketones is 1. The van der Waals surface area contributed by atoms with Crippen molar-refractivity contribution in [1.29, 1.82) is 0 Å². The second-order valence-electron chi connectivity index (χ2n) is 5.10. The summed E-state index contributed by atoms with van der Waals surface area (Å²) in [5.74, 6) is -0.0449. The van der Waals surface area contributed by atoms with Crippen molar-refractivity contribution in [3.8, 4) is 0 Å². The molecule has 0 radical (unpaired) electrons. The molecule has 1 aliphatic rings. The normalized spacial score (nSPS) is 25.6. The molecule has 3 heteroatoms. The van der Waals surface area contributed by atoms with Gasteiger partial charge in [0.25, 0.3) is 0 Å². The lowest BCUT2D eigenvalue weighted by Crippen LogP contribution is -2.37. The van der Waals surface area contributed by atoms with Crippen LogP contribution in [0, 0.1) is 0 Å². The number of carbonyl (C=O) groups excluding carboxylic acids is 1. The molecule has 2 unspecified atom stereocenters. The van der Waals surface area contributed by atoms with Crippen molar-refractivity contribution in [3.63, 3.8) is 0 Å². The average Bonchev–Trinajstić information content (AvgIpc) is 2.92. The summed E-state index contributed by atoms with van der Waals surface area (Å²) < 4.78 is 11.5. The van der Waals surface area contributed by atoms with Crippen molar-refractivity contribution < 1.29 is 14.3 Å². The Balaban J connectivity index is 1.80. The zero-order valence-electron chi connectivity index (χ0n) is 11.3. The molecule has 1 heterocycles. The van der Waals surface area contributed by atoms with Gasteiger partial charge in [-0.2, -0.15) is 0 Å². The summed E-state index contributed by atoms with van der Waals surface area (Å²) in [4.78, 5) is 12.5. The summed E-state index contributed by atoms with van der Waals surface area (Å²) >= 11 is 0. The topological polar surface area (TPSA) is 35.5 Å². The Morgan fingerprint density at radius 3 is 2.30 bits per heavy atom. The van der Waals surface area contributed by atoms with Gasteiger partial charge in [-0.25, -0.2) is 0 Å². The Morgan fingerprint density at radius 2 is 1.65 bits per heavy atom. The smallest absolute Gasteiger partial charge is 0.196 e. The zero-order valence-corrected chi connectivity index (χ0v) is 11.3. The first-order valence-electron chi connectivity index (χ1n) is 6.63. The van der Waals surface area contributed by atoms with E-state index in [2.05, 4.69) is 0 Å². The standard InChI is InChI=1S/C17H16O3/c1-17(15(18)13-8-4-2-5-9-13)12-19-16(20-17)14-10-6-3-7-11-14/h2-11,16H,12H2,1H3. The zero-order chi connectivity index (χ0) is 14.0. The van der Waals surface area contributed by atoms with Gasteiger partial charge in [-0.05, 0) is 6.92 Å².